The van der Waals surface area contributed by atoms with E-state index in [0.29, 0.717) is 21.5 Å². The van der Waals surface area contributed by atoms with Crippen LogP contribution in [0.1, 0.15) is 45.9 Å². The van der Waals surface area contributed by atoms with Gasteiger partial charge in [0.25, 0.3) is 0 Å². The van der Waals surface area contributed by atoms with Crippen molar-refractivity contribution in [1.29, 1.82) is 5.26 Å². The number of ketones is 1. The largest absolute Gasteiger partial charge is 0.358 e. The van der Waals surface area contributed by atoms with Gasteiger partial charge >= 0.3 is 0 Å². The number of benzene rings is 2. The Morgan fingerprint density at radius 1 is 1.29 bits per heavy atom. The number of rotatable bonds is 4. The molecule has 0 fully saturated rings. The number of aryl methyl sites for hydroxylation is 1. The minimum absolute atomic E-state index is 0.208. The molecule has 1 N–H and O–H groups in total. The van der Waals surface area contributed by atoms with Crippen molar-refractivity contribution >= 4 is 39.6 Å². The second-order valence-corrected chi connectivity index (χ2v) is 9.52. The van der Waals surface area contributed by atoms with Gasteiger partial charge in [0.05, 0.1) is 11.8 Å². The molecule has 0 saturated carbocycles. The van der Waals surface area contributed by atoms with Crippen molar-refractivity contribution in [1.82, 2.24) is 9.97 Å². The first-order valence-electron chi connectivity index (χ1n) is 10.3. The van der Waals surface area contributed by atoms with Crippen LogP contribution in [-0.2, 0) is 12.8 Å². The third kappa shape index (κ3) is 3.67. The number of thiazole rings is 1. The molecule has 1 aliphatic rings. The zero-order valence-corrected chi connectivity index (χ0v) is 18.6. The van der Waals surface area contributed by atoms with E-state index >= 15 is 0 Å². The van der Waals surface area contributed by atoms with Crippen molar-refractivity contribution in [2.75, 3.05) is 0 Å². The maximum absolute atomic E-state index is 13.3. The van der Waals surface area contributed by atoms with Crippen LogP contribution in [0, 0.1) is 17.2 Å². The number of carbonyl (C=O) groups is 1. The van der Waals surface area contributed by atoms with Gasteiger partial charge in [-0.1, -0.05) is 30.7 Å². The fraction of sp³-hybridized carbons (Fsp3) is 0.240. The van der Waals surface area contributed by atoms with Crippen LogP contribution in [0.2, 0.25) is 5.02 Å². The van der Waals surface area contributed by atoms with Gasteiger partial charge in [0.15, 0.2) is 11.7 Å². The maximum Gasteiger partial charge on any atom is 0.186 e. The third-order valence-electron chi connectivity index (χ3n) is 6.02. The highest BCUT2D eigenvalue weighted by molar-refractivity contribution is 7.10. The number of hydrogen-bond acceptors (Lipinski definition) is 4. The second-order valence-electron chi connectivity index (χ2n) is 8.19. The van der Waals surface area contributed by atoms with E-state index in [1.807, 2.05) is 35.7 Å². The molecule has 0 unspecified atom stereocenters. The molecule has 0 bridgehead atoms. The lowest BCUT2D eigenvalue weighted by atomic mass is 9.87. The van der Waals surface area contributed by atoms with E-state index in [4.69, 9.17) is 11.6 Å². The van der Waals surface area contributed by atoms with E-state index in [1.165, 1.54) is 29.0 Å². The topological polar surface area (TPSA) is 69.5 Å². The number of nitrogens with one attached hydrogen (secondary N) is 1. The molecule has 5 rings (SSSR count). The van der Waals surface area contributed by atoms with Crippen molar-refractivity contribution < 1.29 is 4.79 Å². The maximum atomic E-state index is 13.3. The molecule has 0 amide bonds. The summed E-state index contributed by atoms with van der Waals surface area (Å²) in [6.07, 6.45) is 3.25. The van der Waals surface area contributed by atoms with Crippen LogP contribution in [0.4, 0.5) is 0 Å². The van der Waals surface area contributed by atoms with Crippen molar-refractivity contribution in [2.24, 2.45) is 5.92 Å². The summed E-state index contributed by atoms with van der Waals surface area (Å²) in [5.74, 6) is -0.489. The summed E-state index contributed by atoms with van der Waals surface area (Å²) in [5.41, 5.74) is 5.86. The van der Waals surface area contributed by atoms with Crippen LogP contribution in [0.15, 0.2) is 47.8 Å². The van der Waals surface area contributed by atoms with Gasteiger partial charge in [-0.05, 0) is 61.1 Å². The van der Waals surface area contributed by atoms with Gasteiger partial charge in [-0.3, -0.25) is 4.79 Å². The number of aromatic amines is 1. The van der Waals surface area contributed by atoms with E-state index in [0.717, 1.165) is 35.0 Å². The highest BCUT2D eigenvalue weighted by Crippen LogP contribution is 2.34. The monoisotopic (exact) mass is 445 g/mol. The van der Waals surface area contributed by atoms with E-state index in [9.17, 15) is 10.1 Å². The normalized spacial score (nSPS) is 16.6. The molecule has 154 valence electrons. The first kappa shape index (κ1) is 20.0. The Kier molecular flexibility index (Phi) is 5.13. The number of Topliss-reactive ketones (excluding diaryl/α,β-unsaturated/α-hetero) is 1. The van der Waals surface area contributed by atoms with E-state index in [-0.39, 0.29) is 5.78 Å². The van der Waals surface area contributed by atoms with Crippen molar-refractivity contribution in [3.63, 3.8) is 0 Å². The van der Waals surface area contributed by atoms with E-state index < -0.39 is 5.92 Å². The summed E-state index contributed by atoms with van der Waals surface area (Å²) in [4.78, 5) is 21.4. The molecule has 2 heterocycles. The second kappa shape index (κ2) is 7.96. The van der Waals surface area contributed by atoms with Crippen LogP contribution in [-0.4, -0.2) is 15.8 Å². The molecule has 0 aliphatic heterocycles. The van der Waals surface area contributed by atoms with Crippen LogP contribution in [0.25, 0.3) is 22.2 Å². The van der Waals surface area contributed by atoms with Gasteiger partial charge in [0, 0.05) is 38.1 Å². The molecule has 0 radical (unpaired) electrons. The summed E-state index contributed by atoms with van der Waals surface area (Å²) in [5, 5.41) is 13.9. The molecule has 6 heteroatoms. The summed E-state index contributed by atoms with van der Waals surface area (Å²) in [6.45, 7) is 2.27. The van der Waals surface area contributed by atoms with Gasteiger partial charge < -0.3 is 4.98 Å². The fourth-order valence-electron chi connectivity index (χ4n) is 4.31. The van der Waals surface area contributed by atoms with Crippen molar-refractivity contribution in [3.8, 4) is 17.3 Å². The lowest BCUT2D eigenvalue weighted by Crippen LogP contribution is -2.11. The summed E-state index contributed by atoms with van der Waals surface area (Å²) >= 11 is 7.30. The molecule has 4 aromatic rings. The first-order chi connectivity index (χ1) is 15.0. The summed E-state index contributed by atoms with van der Waals surface area (Å²) in [7, 11) is 0. The molecule has 0 saturated heterocycles. The van der Waals surface area contributed by atoms with Crippen LogP contribution in [0.5, 0.6) is 0 Å². The predicted octanol–water partition coefficient (Wildman–Crippen LogP) is 6.56. The Morgan fingerprint density at radius 2 is 2.10 bits per heavy atom. The van der Waals surface area contributed by atoms with E-state index in [2.05, 4.69) is 23.0 Å². The zero-order valence-electron chi connectivity index (χ0n) is 17.0. The fourth-order valence-corrected chi connectivity index (χ4v) is 5.30. The smallest absolute Gasteiger partial charge is 0.186 e. The number of halogens is 1. The predicted molar refractivity (Wildman–Crippen MR) is 125 cm³/mol. The number of carbonyl (C=O) groups excluding carboxylic acids is 1. The van der Waals surface area contributed by atoms with Gasteiger partial charge in [-0.2, -0.15) is 5.26 Å². The number of nitrogens with zero attached hydrogens (tertiary/aromatic N) is 2. The molecule has 0 spiro atoms. The molecule has 2 atom stereocenters. The number of aromatic nitrogens is 2. The standard InChI is InChI=1S/C25H20ClN3OS/c1-14-2-8-21-18(10-14)19-11-16(5-9-22(19)28-21)24(30)20(12-27)25-29-23(13-31-25)15-3-6-17(26)7-4-15/h3-7,9,11,13-14,20,28H,2,8,10H2,1H3/t14-,20+/m0/s1. The Balaban J connectivity index is 1.47. The quantitative estimate of drug-likeness (QED) is 0.361. The number of fused-ring (bicyclic) bond motifs is 3. The molecular weight excluding hydrogens is 426 g/mol. The number of H-pyrrole nitrogens is 1. The molecule has 31 heavy (non-hydrogen) atoms. The minimum Gasteiger partial charge on any atom is -0.358 e. The Morgan fingerprint density at radius 3 is 2.87 bits per heavy atom. The lowest BCUT2D eigenvalue weighted by molar-refractivity contribution is 0.0979. The average molecular weight is 446 g/mol. The summed E-state index contributed by atoms with van der Waals surface area (Å²) in [6, 6.07) is 15.3. The molecule has 2 aromatic heterocycles. The summed E-state index contributed by atoms with van der Waals surface area (Å²) < 4.78 is 0. The lowest BCUT2D eigenvalue weighted by Gasteiger charge is -2.18. The molecule has 2 aromatic carbocycles. The van der Waals surface area contributed by atoms with Crippen LogP contribution >= 0.6 is 22.9 Å². The van der Waals surface area contributed by atoms with E-state index in [1.54, 1.807) is 12.1 Å². The van der Waals surface area contributed by atoms with Gasteiger partial charge in [-0.15, -0.1) is 11.3 Å². The minimum atomic E-state index is -0.919. The van der Waals surface area contributed by atoms with Gasteiger partial charge in [0.2, 0.25) is 0 Å². The van der Waals surface area contributed by atoms with Crippen LogP contribution < -0.4 is 0 Å². The van der Waals surface area contributed by atoms with Gasteiger partial charge in [0.1, 0.15) is 5.01 Å². The highest BCUT2D eigenvalue weighted by Gasteiger charge is 2.27. The number of nitriles is 1. The van der Waals surface area contributed by atoms with Crippen molar-refractivity contribution in [3.05, 3.63) is 74.7 Å². The molecular formula is C25H20ClN3OS. The third-order valence-corrected chi connectivity index (χ3v) is 7.18. The van der Waals surface area contributed by atoms with Gasteiger partial charge in [-0.25, -0.2) is 4.98 Å². The Bertz CT molecular complexity index is 1330. The number of hydrogen-bond donors (Lipinski definition) is 1. The zero-order chi connectivity index (χ0) is 21.5. The SMILES string of the molecule is C[C@H]1CCc2[nH]c3ccc(C(=O)[C@@H](C#N)c4nc(-c5ccc(Cl)cc5)cs4)cc3c2C1. The van der Waals surface area contributed by atoms with Crippen LogP contribution in [0.3, 0.4) is 0 Å². The average Bonchev–Trinajstić information content (AvgIpc) is 3.39. The van der Waals surface area contributed by atoms with Crippen molar-refractivity contribution in [2.45, 2.75) is 32.1 Å². The first-order valence-corrected chi connectivity index (χ1v) is 11.6. The Hall–Kier alpha value is -2.94. The highest BCUT2D eigenvalue weighted by atomic mass is 35.5. The molecule has 1 aliphatic carbocycles. The molecule has 4 nitrogen and oxygen atoms in total. The Labute approximate surface area is 189 Å².